The minimum atomic E-state index is -0.154. The topological polar surface area (TPSA) is 95.8 Å². The summed E-state index contributed by atoms with van der Waals surface area (Å²) in [4.78, 5) is 20.6. The van der Waals surface area contributed by atoms with Crippen molar-refractivity contribution in [2.75, 3.05) is 11.9 Å². The Balaban J connectivity index is 1.20. The van der Waals surface area contributed by atoms with Gasteiger partial charge in [-0.05, 0) is 61.1 Å². The van der Waals surface area contributed by atoms with Crippen molar-refractivity contribution in [3.63, 3.8) is 0 Å². The molecule has 0 bridgehead atoms. The molecule has 1 aliphatic carbocycles. The van der Waals surface area contributed by atoms with Gasteiger partial charge in [-0.2, -0.15) is 0 Å². The Labute approximate surface area is 192 Å². The first-order chi connectivity index (χ1) is 16.2. The smallest absolute Gasteiger partial charge is 0.242 e. The molecule has 7 heteroatoms. The maximum absolute atomic E-state index is 12.4. The van der Waals surface area contributed by atoms with Crippen LogP contribution in [0.2, 0.25) is 0 Å². The van der Waals surface area contributed by atoms with Crippen LogP contribution >= 0.6 is 0 Å². The summed E-state index contributed by atoms with van der Waals surface area (Å²) in [5.74, 6) is 2.12. The predicted octanol–water partition coefficient (Wildman–Crippen LogP) is 5.23. The quantitative estimate of drug-likeness (QED) is 0.394. The number of anilines is 1. The maximum atomic E-state index is 12.4. The van der Waals surface area contributed by atoms with E-state index in [1.54, 1.807) is 0 Å². The molecule has 0 spiro atoms. The average Bonchev–Trinajstić information content (AvgIpc) is 3.66. The van der Waals surface area contributed by atoms with Crippen LogP contribution in [0, 0.1) is 0 Å². The fraction of sp³-hybridized carbons (Fsp3) is 0.346. The number of imidazole rings is 1. The summed E-state index contributed by atoms with van der Waals surface area (Å²) in [6.07, 6.45) is 8.88. The molecule has 1 unspecified atom stereocenters. The first kappa shape index (κ1) is 20.2. The van der Waals surface area contributed by atoms with Gasteiger partial charge < -0.3 is 20.1 Å². The Morgan fingerprint density at radius 1 is 0.970 bits per heavy atom. The monoisotopic (exact) mass is 441 g/mol. The lowest BCUT2D eigenvalue weighted by Gasteiger charge is -2.08. The normalized spacial score (nSPS) is 18.8. The van der Waals surface area contributed by atoms with Gasteiger partial charge in [0.25, 0.3) is 0 Å². The molecule has 1 aliphatic heterocycles. The Bertz CT molecular complexity index is 1280. The summed E-state index contributed by atoms with van der Waals surface area (Å²) in [5.41, 5.74) is 4.97. The van der Waals surface area contributed by atoms with E-state index < -0.39 is 0 Å². The molecule has 2 aliphatic rings. The van der Waals surface area contributed by atoms with Gasteiger partial charge >= 0.3 is 0 Å². The largest absolute Gasteiger partial charge is 0.354 e. The zero-order chi connectivity index (χ0) is 22.2. The second-order valence-corrected chi connectivity index (χ2v) is 9.12. The maximum Gasteiger partial charge on any atom is 0.242 e. The number of nitrogens with one attached hydrogen (secondary N) is 3. The molecule has 3 heterocycles. The molecule has 1 atom stereocenters. The molecule has 6 rings (SSSR count). The third-order valence-corrected chi connectivity index (χ3v) is 6.96. The summed E-state index contributed by atoms with van der Waals surface area (Å²) < 4.78 is 5.52. The number of rotatable bonds is 5. The molecule has 7 nitrogen and oxygen atoms in total. The Morgan fingerprint density at radius 3 is 2.55 bits per heavy atom. The van der Waals surface area contributed by atoms with E-state index in [1.807, 2.05) is 24.4 Å². The van der Waals surface area contributed by atoms with Crippen molar-refractivity contribution in [3.8, 4) is 22.4 Å². The Kier molecular flexibility index (Phi) is 5.19. The van der Waals surface area contributed by atoms with Gasteiger partial charge in [0.2, 0.25) is 5.91 Å². The van der Waals surface area contributed by atoms with Crippen LogP contribution < -0.4 is 10.6 Å². The van der Waals surface area contributed by atoms with Crippen LogP contribution in [-0.4, -0.2) is 33.6 Å². The number of hydrogen-bond acceptors (Lipinski definition) is 5. The lowest BCUT2D eigenvalue weighted by Crippen LogP contribution is -2.35. The van der Waals surface area contributed by atoms with Gasteiger partial charge in [-0.3, -0.25) is 4.79 Å². The van der Waals surface area contributed by atoms with Crippen LogP contribution in [0.3, 0.4) is 0 Å². The van der Waals surface area contributed by atoms with Gasteiger partial charge in [0.15, 0.2) is 11.4 Å². The average molecular weight is 442 g/mol. The predicted molar refractivity (Wildman–Crippen MR) is 128 cm³/mol. The summed E-state index contributed by atoms with van der Waals surface area (Å²) >= 11 is 0. The van der Waals surface area contributed by atoms with Crippen LogP contribution in [0.25, 0.3) is 33.4 Å². The molecular weight excluding hydrogens is 414 g/mol. The van der Waals surface area contributed by atoms with Gasteiger partial charge in [-0.1, -0.05) is 48.3 Å². The standard InChI is InChI=1S/C26H27N5O2/c32-26(21-6-3-13-27-21)30-25-20-12-11-19(14-23(20)33-31-25)16-7-9-17(10-8-16)22-15-28-24(29-22)18-4-1-2-5-18/h7-12,14-15,18,21,27H,1-6,13H2,(H,28,29)(H,30,31,32). The highest BCUT2D eigenvalue weighted by Gasteiger charge is 2.24. The van der Waals surface area contributed by atoms with Crippen molar-refractivity contribution in [1.29, 1.82) is 0 Å². The van der Waals surface area contributed by atoms with Gasteiger partial charge in [-0.15, -0.1) is 0 Å². The van der Waals surface area contributed by atoms with Crippen LogP contribution in [0.5, 0.6) is 0 Å². The zero-order valence-electron chi connectivity index (χ0n) is 18.4. The second-order valence-electron chi connectivity index (χ2n) is 9.12. The summed E-state index contributed by atoms with van der Waals surface area (Å²) in [6.45, 7) is 0.877. The van der Waals surface area contributed by atoms with E-state index in [1.165, 1.54) is 25.7 Å². The first-order valence-corrected chi connectivity index (χ1v) is 11.8. The number of benzene rings is 2. The highest BCUT2D eigenvalue weighted by Crippen LogP contribution is 2.34. The molecule has 1 saturated carbocycles. The van der Waals surface area contributed by atoms with Crippen molar-refractivity contribution < 1.29 is 9.32 Å². The van der Waals surface area contributed by atoms with Crippen molar-refractivity contribution in [2.45, 2.75) is 50.5 Å². The molecule has 168 valence electrons. The van der Waals surface area contributed by atoms with Gasteiger partial charge in [0.1, 0.15) is 5.82 Å². The van der Waals surface area contributed by atoms with E-state index in [-0.39, 0.29) is 11.9 Å². The van der Waals surface area contributed by atoms with E-state index in [2.05, 4.69) is 50.0 Å². The molecule has 3 N–H and O–H groups in total. The molecule has 2 aromatic heterocycles. The van der Waals surface area contributed by atoms with Gasteiger partial charge in [0, 0.05) is 5.92 Å². The second kappa shape index (κ2) is 8.48. The number of aromatic amines is 1. The SMILES string of the molecule is O=C(Nc1noc2cc(-c3ccc(-c4cnc(C5CCCC5)[nH]4)cc3)ccc12)C1CCCN1. The molecule has 33 heavy (non-hydrogen) atoms. The third kappa shape index (κ3) is 3.93. The lowest BCUT2D eigenvalue weighted by atomic mass is 10.0. The van der Waals surface area contributed by atoms with E-state index in [0.717, 1.165) is 53.0 Å². The van der Waals surface area contributed by atoms with E-state index >= 15 is 0 Å². The van der Waals surface area contributed by atoms with Crippen LogP contribution in [0.4, 0.5) is 5.82 Å². The van der Waals surface area contributed by atoms with Crippen molar-refractivity contribution in [1.82, 2.24) is 20.4 Å². The summed E-state index contributed by atoms with van der Waals surface area (Å²) in [5, 5.41) is 11.0. The molecular formula is C26H27N5O2. The minimum Gasteiger partial charge on any atom is -0.354 e. The van der Waals surface area contributed by atoms with Crippen LogP contribution in [-0.2, 0) is 4.79 Å². The molecule has 4 aromatic rings. The first-order valence-electron chi connectivity index (χ1n) is 11.8. The van der Waals surface area contributed by atoms with Crippen LogP contribution in [0.1, 0.15) is 50.3 Å². The third-order valence-electron chi connectivity index (χ3n) is 6.96. The van der Waals surface area contributed by atoms with Gasteiger partial charge in [-0.25, -0.2) is 4.98 Å². The van der Waals surface area contributed by atoms with Crippen molar-refractivity contribution >= 4 is 22.7 Å². The zero-order valence-corrected chi connectivity index (χ0v) is 18.4. The number of carbonyl (C=O) groups excluding carboxylic acids is 1. The lowest BCUT2D eigenvalue weighted by molar-refractivity contribution is -0.117. The van der Waals surface area contributed by atoms with Crippen LogP contribution in [0.15, 0.2) is 53.2 Å². The molecule has 2 fully saturated rings. The highest BCUT2D eigenvalue weighted by atomic mass is 16.5. The summed E-state index contributed by atoms with van der Waals surface area (Å²) in [6, 6.07) is 14.3. The number of fused-ring (bicyclic) bond motifs is 1. The minimum absolute atomic E-state index is 0.0581. The number of aromatic nitrogens is 3. The fourth-order valence-corrected chi connectivity index (χ4v) is 5.05. The molecule has 1 saturated heterocycles. The van der Waals surface area contributed by atoms with Gasteiger partial charge in [0.05, 0.1) is 23.3 Å². The number of amides is 1. The highest BCUT2D eigenvalue weighted by molar-refractivity contribution is 6.01. The molecule has 2 aromatic carbocycles. The molecule has 0 radical (unpaired) electrons. The van der Waals surface area contributed by atoms with E-state index in [4.69, 9.17) is 4.52 Å². The van der Waals surface area contributed by atoms with E-state index in [9.17, 15) is 4.79 Å². The number of hydrogen-bond donors (Lipinski definition) is 3. The molecule has 1 amide bonds. The number of nitrogens with zero attached hydrogens (tertiary/aromatic N) is 2. The summed E-state index contributed by atoms with van der Waals surface area (Å²) in [7, 11) is 0. The van der Waals surface area contributed by atoms with E-state index in [0.29, 0.717) is 17.3 Å². The number of carbonyl (C=O) groups is 1. The number of H-pyrrole nitrogens is 1. The van der Waals surface area contributed by atoms with Crippen molar-refractivity contribution in [2.24, 2.45) is 0 Å². The van der Waals surface area contributed by atoms with Crippen molar-refractivity contribution in [3.05, 3.63) is 54.5 Å². The Morgan fingerprint density at radius 2 is 1.76 bits per heavy atom. The Hall–Kier alpha value is -3.45. The fourth-order valence-electron chi connectivity index (χ4n) is 5.05.